The summed E-state index contributed by atoms with van der Waals surface area (Å²) in [4.78, 5) is 0. The molecule has 0 nitrogen and oxygen atoms in total. The van der Waals surface area contributed by atoms with Crippen molar-refractivity contribution >= 4 is 11.1 Å². The molecule has 0 saturated heterocycles. The Balaban J connectivity index is 1.95. The van der Waals surface area contributed by atoms with E-state index in [4.69, 9.17) is 0 Å². The SMILES string of the molecule is C=C(C)c1cc(-c2ccc(C3=CCCC=C3C(F)(F)F)cc2)ccc1C. The summed E-state index contributed by atoms with van der Waals surface area (Å²) in [6.45, 7) is 8.01. The molecule has 0 unspecified atom stereocenters. The van der Waals surface area contributed by atoms with Crippen molar-refractivity contribution in [2.24, 2.45) is 0 Å². The Hall–Kier alpha value is -2.55. The number of alkyl halides is 3. The van der Waals surface area contributed by atoms with Crippen molar-refractivity contribution in [3.05, 3.63) is 83.5 Å². The van der Waals surface area contributed by atoms with Crippen LogP contribution in [-0.4, -0.2) is 6.18 Å². The fourth-order valence-corrected chi connectivity index (χ4v) is 3.32. The molecule has 0 N–H and O–H groups in total. The Morgan fingerprint density at radius 3 is 2.08 bits per heavy atom. The fourth-order valence-electron chi connectivity index (χ4n) is 3.32. The molecule has 0 aliphatic heterocycles. The zero-order valence-electron chi connectivity index (χ0n) is 15.0. The molecule has 1 aliphatic carbocycles. The second-order valence-electron chi connectivity index (χ2n) is 6.70. The number of aryl methyl sites for hydroxylation is 1. The summed E-state index contributed by atoms with van der Waals surface area (Å²) in [5.41, 5.74) is 5.61. The maximum absolute atomic E-state index is 13.3. The largest absolute Gasteiger partial charge is 0.416 e. The summed E-state index contributed by atoms with van der Waals surface area (Å²) >= 11 is 0. The van der Waals surface area contributed by atoms with Gasteiger partial charge in [0.05, 0.1) is 5.57 Å². The van der Waals surface area contributed by atoms with Crippen molar-refractivity contribution in [3.63, 3.8) is 0 Å². The fraction of sp³-hybridized carbons (Fsp3) is 0.217. The Morgan fingerprint density at radius 1 is 0.885 bits per heavy atom. The molecule has 134 valence electrons. The van der Waals surface area contributed by atoms with Gasteiger partial charge in [0.2, 0.25) is 0 Å². The van der Waals surface area contributed by atoms with Crippen LogP contribution >= 0.6 is 0 Å². The van der Waals surface area contributed by atoms with Gasteiger partial charge in [-0.1, -0.05) is 60.7 Å². The molecule has 0 bridgehead atoms. The Bertz CT molecular complexity index is 894. The van der Waals surface area contributed by atoms with Crippen LogP contribution in [0, 0.1) is 6.92 Å². The molecule has 3 rings (SSSR count). The van der Waals surface area contributed by atoms with Crippen LogP contribution in [-0.2, 0) is 0 Å². The van der Waals surface area contributed by atoms with Crippen molar-refractivity contribution in [1.29, 1.82) is 0 Å². The van der Waals surface area contributed by atoms with Gasteiger partial charge in [-0.05, 0) is 66.1 Å². The molecule has 0 fully saturated rings. The number of hydrogen-bond acceptors (Lipinski definition) is 0. The van der Waals surface area contributed by atoms with Crippen molar-refractivity contribution < 1.29 is 13.2 Å². The molecular formula is C23H21F3. The van der Waals surface area contributed by atoms with E-state index in [-0.39, 0.29) is 5.57 Å². The molecule has 2 aromatic rings. The van der Waals surface area contributed by atoms with E-state index in [1.54, 1.807) is 18.2 Å². The number of benzene rings is 2. The molecule has 0 amide bonds. The Labute approximate surface area is 152 Å². The first-order valence-corrected chi connectivity index (χ1v) is 8.62. The van der Waals surface area contributed by atoms with Gasteiger partial charge in [0.15, 0.2) is 0 Å². The van der Waals surface area contributed by atoms with Crippen LogP contribution in [0.5, 0.6) is 0 Å². The third-order valence-corrected chi connectivity index (χ3v) is 4.69. The van der Waals surface area contributed by atoms with Crippen molar-refractivity contribution in [2.45, 2.75) is 32.9 Å². The average Bonchev–Trinajstić information content (AvgIpc) is 2.61. The first-order valence-electron chi connectivity index (χ1n) is 8.62. The molecule has 0 heterocycles. The van der Waals surface area contributed by atoms with E-state index < -0.39 is 11.7 Å². The molecule has 0 radical (unpaired) electrons. The summed E-state index contributed by atoms with van der Waals surface area (Å²) in [6, 6.07) is 13.4. The van der Waals surface area contributed by atoms with E-state index in [9.17, 15) is 13.2 Å². The van der Waals surface area contributed by atoms with Crippen LogP contribution in [0.15, 0.2) is 66.8 Å². The van der Waals surface area contributed by atoms with Gasteiger partial charge >= 0.3 is 6.18 Å². The standard InChI is InChI=1S/C23H21F3/c1-15(2)21-14-19(9-8-16(21)3)17-10-12-18(13-11-17)20-6-4-5-7-22(20)23(24,25)26/h6-14H,1,4-5H2,2-3H3. The van der Waals surface area contributed by atoms with Gasteiger partial charge in [0, 0.05) is 0 Å². The normalized spacial score (nSPS) is 14.7. The van der Waals surface area contributed by atoms with Crippen molar-refractivity contribution in [1.82, 2.24) is 0 Å². The van der Waals surface area contributed by atoms with E-state index in [2.05, 4.69) is 12.6 Å². The van der Waals surface area contributed by atoms with Crippen LogP contribution in [0.1, 0.15) is 36.5 Å². The lowest BCUT2D eigenvalue weighted by molar-refractivity contribution is -0.0874. The van der Waals surface area contributed by atoms with Crippen LogP contribution in [0.4, 0.5) is 13.2 Å². The molecule has 0 saturated carbocycles. The molecule has 0 spiro atoms. The monoisotopic (exact) mass is 354 g/mol. The second-order valence-corrected chi connectivity index (χ2v) is 6.70. The summed E-state index contributed by atoms with van der Waals surface area (Å²) in [7, 11) is 0. The van der Waals surface area contributed by atoms with Gasteiger partial charge in [-0.3, -0.25) is 0 Å². The van der Waals surface area contributed by atoms with Gasteiger partial charge < -0.3 is 0 Å². The van der Waals surface area contributed by atoms with Gasteiger partial charge in [-0.15, -0.1) is 0 Å². The van der Waals surface area contributed by atoms with E-state index in [0.717, 1.165) is 27.8 Å². The minimum Gasteiger partial charge on any atom is -0.166 e. The predicted molar refractivity (Wildman–Crippen MR) is 103 cm³/mol. The maximum atomic E-state index is 13.3. The minimum atomic E-state index is -4.32. The highest BCUT2D eigenvalue weighted by atomic mass is 19.4. The van der Waals surface area contributed by atoms with Crippen LogP contribution in [0.25, 0.3) is 22.3 Å². The number of allylic oxidation sites excluding steroid dienone is 5. The number of rotatable bonds is 3. The van der Waals surface area contributed by atoms with Crippen molar-refractivity contribution in [3.8, 4) is 11.1 Å². The third-order valence-electron chi connectivity index (χ3n) is 4.69. The Kier molecular flexibility index (Phi) is 4.90. The van der Waals surface area contributed by atoms with Gasteiger partial charge in [0.25, 0.3) is 0 Å². The van der Waals surface area contributed by atoms with Crippen LogP contribution in [0.3, 0.4) is 0 Å². The smallest absolute Gasteiger partial charge is 0.166 e. The molecule has 0 aromatic heterocycles. The zero-order valence-corrected chi connectivity index (χ0v) is 15.0. The first kappa shape index (κ1) is 18.2. The average molecular weight is 354 g/mol. The highest BCUT2D eigenvalue weighted by Crippen LogP contribution is 2.39. The van der Waals surface area contributed by atoms with Crippen LogP contribution in [0.2, 0.25) is 0 Å². The van der Waals surface area contributed by atoms with Gasteiger partial charge in [-0.2, -0.15) is 13.2 Å². The zero-order chi connectivity index (χ0) is 18.9. The van der Waals surface area contributed by atoms with E-state index in [0.29, 0.717) is 18.4 Å². The lowest BCUT2D eigenvalue weighted by atomic mass is 9.90. The molecule has 3 heteroatoms. The molecule has 1 aliphatic rings. The minimum absolute atomic E-state index is 0.279. The van der Waals surface area contributed by atoms with E-state index >= 15 is 0 Å². The number of hydrogen-bond donors (Lipinski definition) is 0. The second kappa shape index (κ2) is 6.99. The van der Waals surface area contributed by atoms with Gasteiger partial charge in [0.1, 0.15) is 0 Å². The van der Waals surface area contributed by atoms with Crippen LogP contribution < -0.4 is 0 Å². The Morgan fingerprint density at radius 2 is 1.46 bits per heavy atom. The maximum Gasteiger partial charge on any atom is 0.416 e. The van der Waals surface area contributed by atoms with E-state index in [1.807, 2.05) is 38.1 Å². The molecule has 2 aromatic carbocycles. The molecule has 26 heavy (non-hydrogen) atoms. The lowest BCUT2D eigenvalue weighted by Crippen LogP contribution is -2.15. The number of halogens is 3. The predicted octanol–water partition coefficient (Wildman–Crippen LogP) is 7.36. The summed E-state index contributed by atoms with van der Waals surface area (Å²) in [5.74, 6) is 0. The topological polar surface area (TPSA) is 0 Å². The summed E-state index contributed by atoms with van der Waals surface area (Å²) in [6.07, 6.45) is -0.274. The molecule has 0 atom stereocenters. The summed E-state index contributed by atoms with van der Waals surface area (Å²) < 4.78 is 39.8. The third kappa shape index (κ3) is 3.67. The van der Waals surface area contributed by atoms with Gasteiger partial charge in [-0.25, -0.2) is 0 Å². The van der Waals surface area contributed by atoms with Crippen molar-refractivity contribution in [2.75, 3.05) is 0 Å². The highest BCUT2D eigenvalue weighted by Gasteiger charge is 2.36. The quantitative estimate of drug-likeness (QED) is 0.540. The lowest BCUT2D eigenvalue weighted by Gasteiger charge is -2.19. The molecular weight excluding hydrogens is 333 g/mol. The summed E-state index contributed by atoms with van der Waals surface area (Å²) in [5, 5.41) is 0. The van der Waals surface area contributed by atoms with E-state index in [1.165, 1.54) is 6.08 Å². The highest BCUT2D eigenvalue weighted by molar-refractivity contribution is 5.82. The first-order chi connectivity index (χ1) is 12.3.